The zero-order valence-electron chi connectivity index (χ0n) is 15.1. The zero-order chi connectivity index (χ0) is 20.0. The third-order valence-electron chi connectivity index (χ3n) is 4.64. The average Bonchev–Trinajstić information content (AvgIpc) is 3.03. The summed E-state index contributed by atoms with van der Waals surface area (Å²) in [5.74, 6) is -2.26. The molecule has 27 heavy (non-hydrogen) atoms. The number of aromatic nitrogens is 2. The van der Waals surface area contributed by atoms with Crippen LogP contribution in [-0.2, 0) is 11.2 Å². The van der Waals surface area contributed by atoms with E-state index in [2.05, 4.69) is 9.97 Å². The summed E-state index contributed by atoms with van der Waals surface area (Å²) in [6.07, 6.45) is 1.20. The van der Waals surface area contributed by atoms with Gasteiger partial charge in [-0.1, -0.05) is 12.1 Å². The number of nitrogens with one attached hydrogen (secondary N) is 1. The van der Waals surface area contributed by atoms with Gasteiger partial charge in [-0.25, -0.2) is 13.8 Å². The maximum Gasteiger partial charge on any atom is 0.254 e. The molecule has 0 saturated carbocycles. The van der Waals surface area contributed by atoms with Crippen molar-refractivity contribution in [3.8, 4) is 0 Å². The van der Waals surface area contributed by atoms with Crippen LogP contribution in [-0.4, -0.2) is 32.8 Å². The smallest absolute Gasteiger partial charge is 0.254 e. The van der Waals surface area contributed by atoms with Crippen LogP contribution in [0.4, 0.5) is 13.2 Å². The third kappa shape index (κ3) is 6.39. The molecular weight excluding hydrogens is 359 g/mol. The molecular formula is C19H24F3N3O2. The van der Waals surface area contributed by atoms with Gasteiger partial charge in [-0.3, -0.25) is 4.79 Å². The summed E-state index contributed by atoms with van der Waals surface area (Å²) in [4.78, 5) is 17.5. The molecule has 8 heteroatoms. The van der Waals surface area contributed by atoms with Crippen molar-refractivity contribution in [2.24, 2.45) is 5.73 Å². The number of primary amides is 1. The van der Waals surface area contributed by atoms with E-state index in [0.29, 0.717) is 12.8 Å². The number of halogens is 3. The predicted molar refractivity (Wildman–Crippen MR) is 94.6 cm³/mol. The molecule has 0 fully saturated rings. The van der Waals surface area contributed by atoms with E-state index < -0.39 is 29.5 Å². The molecule has 1 aromatic carbocycles. The number of nitrogens with zero attached hydrogens (tertiary/aromatic N) is 1. The standard InChI is InChI=1S/C19H24F3N3O2/c1-19(22,18(23)27)8-7-13(17-24-11-16(21)25-17)10-15(26)6-5-12-3-2-4-14(20)9-12/h2-4,9,11,13,15,26H,5-8,10H2,1H3,(H2,23,27)(H,24,25)/t13-,15+,19?/m1/s1. The lowest BCUT2D eigenvalue weighted by molar-refractivity contribution is -0.128. The number of aliphatic hydroxyl groups is 1. The molecule has 1 heterocycles. The SMILES string of the molecule is CC(F)(CC[C@H](C[C@@H](O)CCc1cccc(F)c1)c1ncc(F)[nH]1)C(N)=O. The highest BCUT2D eigenvalue weighted by Crippen LogP contribution is 2.30. The summed E-state index contributed by atoms with van der Waals surface area (Å²) in [7, 11) is 0. The maximum atomic E-state index is 14.2. The molecule has 1 unspecified atom stereocenters. The number of aryl methyl sites for hydroxylation is 1. The number of benzene rings is 1. The number of carbonyl (C=O) groups excluding carboxylic acids is 1. The number of hydrogen-bond acceptors (Lipinski definition) is 3. The van der Waals surface area contributed by atoms with Crippen molar-refractivity contribution in [2.45, 2.75) is 56.7 Å². The maximum absolute atomic E-state index is 14.2. The fourth-order valence-corrected chi connectivity index (χ4v) is 2.93. The van der Waals surface area contributed by atoms with Crippen molar-refractivity contribution in [3.63, 3.8) is 0 Å². The molecule has 1 amide bonds. The van der Waals surface area contributed by atoms with Gasteiger partial charge in [-0.2, -0.15) is 4.39 Å². The Labute approximate surface area is 155 Å². The summed E-state index contributed by atoms with van der Waals surface area (Å²) < 4.78 is 40.7. The van der Waals surface area contributed by atoms with Gasteiger partial charge in [-0.05, 0) is 56.7 Å². The minimum absolute atomic E-state index is 0.153. The quantitative estimate of drug-likeness (QED) is 0.588. The molecule has 2 aromatic rings. The van der Waals surface area contributed by atoms with Crippen molar-refractivity contribution in [2.75, 3.05) is 0 Å². The van der Waals surface area contributed by atoms with E-state index in [1.807, 2.05) is 0 Å². The molecule has 0 saturated heterocycles. The second-order valence-corrected chi connectivity index (χ2v) is 6.97. The average molecular weight is 383 g/mol. The lowest BCUT2D eigenvalue weighted by Gasteiger charge is -2.22. The first-order chi connectivity index (χ1) is 12.7. The first-order valence-electron chi connectivity index (χ1n) is 8.79. The van der Waals surface area contributed by atoms with E-state index in [4.69, 9.17) is 5.73 Å². The summed E-state index contributed by atoms with van der Waals surface area (Å²) in [5, 5.41) is 10.3. The molecule has 0 aliphatic rings. The first kappa shape index (κ1) is 21.0. The van der Waals surface area contributed by atoms with E-state index in [1.54, 1.807) is 12.1 Å². The topological polar surface area (TPSA) is 92.0 Å². The molecule has 3 atom stereocenters. The van der Waals surface area contributed by atoms with Crippen LogP contribution >= 0.6 is 0 Å². The van der Waals surface area contributed by atoms with Crippen molar-refractivity contribution in [1.82, 2.24) is 9.97 Å². The third-order valence-corrected chi connectivity index (χ3v) is 4.64. The van der Waals surface area contributed by atoms with Gasteiger partial charge in [0.15, 0.2) is 5.67 Å². The number of carbonyl (C=O) groups is 1. The van der Waals surface area contributed by atoms with Crippen LogP contribution in [0.2, 0.25) is 0 Å². The Hall–Kier alpha value is -2.35. The fourth-order valence-electron chi connectivity index (χ4n) is 2.93. The Morgan fingerprint density at radius 2 is 2.11 bits per heavy atom. The van der Waals surface area contributed by atoms with Gasteiger partial charge in [0.2, 0.25) is 5.95 Å². The summed E-state index contributed by atoms with van der Waals surface area (Å²) >= 11 is 0. The molecule has 0 bridgehead atoms. The Balaban J connectivity index is 1.99. The highest BCUT2D eigenvalue weighted by atomic mass is 19.1. The lowest BCUT2D eigenvalue weighted by Crippen LogP contribution is -2.37. The molecule has 0 aliphatic heterocycles. The van der Waals surface area contributed by atoms with Crippen molar-refractivity contribution < 1.29 is 23.1 Å². The van der Waals surface area contributed by atoms with E-state index in [9.17, 15) is 23.1 Å². The summed E-state index contributed by atoms with van der Waals surface area (Å²) in [5.41, 5.74) is 3.60. The van der Waals surface area contributed by atoms with E-state index in [0.717, 1.165) is 18.7 Å². The van der Waals surface area contributed by atoms with Gasteiger partial charge in [0, 0.05) is 5.92 Å². The number of amides is 1. The van der Waals surface area contributed by atoms with Crippen LogP contribution < -0.4 is 5.73 Å². The largest absolute Gasteiger partial charge is 0.393 e. The van der Waals surface area contributed by atoms with Crippen LogP contribution in [0.5, 0.6) is 0 Å². The van der Waals surface area contributed by atoms with Crippen molar-refractivity contribution >= 4 is 5.91 Å². The fraction of sp³-hybridized carbons (Fsp3) is 0.474. The summed E-state index contributed by atoms with van der Waals surface area (Å²) in [6, 6.07) is 6.09. The van der Waals surface area contributed by atoms with Crippen LogP contribution in [0.15, 0.2) is 30.5 Å². The molecule has 0 aliphatic carbocycles. The first-order valence-corrected chi connectivity index (χ1v) is 8.79. The Bertz CT molecular complexity index is 764. The van der Waals surface area contributed by atoms with E-state index >= 15 is 0 Å². The van der Waals surface area contributed by atoms with Crippen molar-refractivity contribution in [3.05, 3.63) is 53.6 Å². The van der Waals surface area contributed by atoms with Gasteiger partial charge < -0.3 is 15.8 Å². The van der Waals surface area contributed by atoms with Gasteiger partial charge >= 0.3 is 0 Å². The monoisotopic (exact) mass is 383 g/mol. The lowest BCUT2D eigenvalue weighted by atomic mass is 9.89. The second kappa shape index (κ2) is 9.03. The Morgan fingerprint density at radius 3 is 2.70 bits per heavy atom. The number of aliphatic hydroxyl groups excluding tert-OH is 1. The van der Waals surface area contributed by atoms with Gasteiger partial charge in [0.05, 0.1) is 12.3 Å². The number of H-pyrrole nitrogens is 1. The number of hydrogen-bond donors (Lipinski definition) is 3. The molecule has 5 nitrogen and oxygen atoms in total. The molecule has 4 N–H and O–H groups in total. The van der Waals surface area contributed by atoms with Gasteiger partial charge in [-0.15, -0.1) is 0 Å². The number of alkyl halides is 1. The number of aromatic amines is 1. The molecule has 0 spiro atoms. The minimum atomic E-state index is -2.20. The minimum Gasteiger partial charge on any atom is -0.393 e. The van der Waals surface area contributed by atoms with E-state index in [1.165, 1.54) is 12.1 Å². The second-order valence-electron chi connectivity index (χ2n) is 6.97. The van der Waals surface area contributed by atoms with Crippen LogP contribution in [0.1, 0.15) is 49.9 Å². The van der Waals surface area contributed by atoms with Crippen LogP contribution in [0.25, 0.3) is 0 Å². The van der Waals surface area contributed by atoms with Gasteiger partial charge in [0.1, 0.15) is 11.6 Å². The number of nitrogens with two attached hydrogens (primary N) is 1. The summed E-state index contributed by atoms with van der Waals surface area (Å²) in [6.45, 7) is 1.09. The molecule has 2 rings (SSSR count). The van der Waals surface area contributed by atoms with E-state index in [-0.39, 0.29) is 30.9 Å². The number of rotatable bonds is 10. The van der Waals surface area contributed by atoms with Crippen LogP contribution in [0.3, 0.4) is 0 Å². The highest BCUT2D eigenvalue weighted by molar-refractivity contribution is 5.82. The Kier molecular flexibility index (Phi) is 7.01. The molecule has 0 radical (unpaired) electrons. The van der Waals surface area contributed by atoms with Crippen LogP contribution in [0, 0.1) is 11.8 Å². The molecule has 148 valence electrons. The predicted octanol–water partition coefficient (Wildman–Crippen LogP) is 3.15. The highest BCUT2D eigenvalue weighted by Gasteiger charge is 2.32. The number of imidazole rings is 1. The van der Waals surface area contributed by atoms with Crippen molar-refractivity contribution in [1.29, 1.82) is 0 Å². The zero-order valence-corrected chi connectivity index (χ0v) is 15.1. The molecule has 1 aromatic heterocycles. The normalized spacial score (nSPS) is 15.9. The Morgan fingerprint density at radius 1 is 1.37 bits per heavy atom. The van der Waals surface area contributed by atoms with Gasteiger partial charge in [0.25, 0.3) is 5.91 Å².